The lowest BCUT2D eigenvalue weighted by Crippen LogP contribution is -2.38. The smallest absolute Gasteiger partial charge is 0.243 e. The summed E-state index contributed by atoms with van der Waals surface area (Å²) in [6, 6.07) is 2.53. The van der Waals surface area contributed by atoms with Crippen LogP contribution < -0.4 is 0 Å². The van der Waals surface area contributed by atoms with Crippen molar-refractivity contribution in [1.82, 2.24) is 4.90 Å². The first-order valence-electron chi connectivity index (χ1n) is 5.07. The minimum absolute atomic E-state index is 0.0300. The lowest BCUT2D eigenvalue weighted by atomic mass is 10.1. The van der Waals surface area contributed by atoms with Crippen LogP contribution in [0.3, 0.4) is 0 Å². The van der Waals surface area contributed by atoms with Gasteiger partial charge in [0.1, 0.15) is 5.41 Å². The summed E-state index contributed by atoms with van der Waals surface area (Å²) in [7, 11) is 0. The second-order valence-corrected chi connectivity index (χ2v) is 4.17. The van der Waals surface area contributed by atoms with Crippen molar-refractivity contribution in [3.63, 3.8) is 0 Å². The maximum atomic E-state index is 12.0. The lowest BCUT2D eigenvalue weighted by Gasteiger charge is -2.22. The molecule has 2 aliphatic rings. The molecule has 14 heavy (non-hydrogen) atoms. The molecule has 3 heteroatoms. The van der Waals surface area contributed by atoms with E-state index in [9.17, 15) is 4.79 Å². The Bertz CT molecular complexity index is 308. The van der Waals surface area contributed by atoms with Crippen LogP contribution in [0.5, 0.6) is 0 Å². The summed E-state index contributed by atoms with van der Waals surface area (Å²) in [5.74, 6) is 0.0300. The van der Waals surface area contributed by atoms with Crippen LogP contribution >= 0.6 is 0 Å². The van der Waals surface area contributed by atoms with Crippen molar-refractivity contribution in [1.29, 1.82) is 5.26 Å². The van der Waals surface area contributed by atoms with Crippen molar-refractivity contribution in [2.75, 3.05) is 6.54 Å². The van der Waals surface area contributed by atoms with Gasteiger partial charge in [0.25, 0.3) is 0 Å². The minimum Gasteiger partial charge on any atom is -0.335 e. The molecule has 1 amide bonds. The monoisotopic (exact) mass is 190 g/mol. The Labute approximate surface area is 84.0 Å². The number of rotatable bonds is 4. The molecule has 2 rings (SSSR count). The zero-order valence-corrected chi connectivity index (χ0v) is 8.20. The molecule has 74 valence electrons. The molecule has 0 bridgehead atoms. The Morgan fingerprint density at radius 2 is 2.29 bits per heavy atom. The molecule has 0 aliphatic heterocycles. The number of nitriles is 1. The van der Waals surface area contributed by atoms with Crippen molar-refractivity contribution >= 4 is 5.91 Å². The van der Waals surface area contributed by atoms with Crippen molar-refractivity contribution < 1.29 is 4.79 Å². The normalized spacial score (nSPS) is 22.2. The highest BCUT2D eigenvalue weighted by molar-refractivity contribution is 5.88. The van der Waals surface area contributed by atoms with E-state index in [4.69, 9.17) is 5.26 Å². The SMILES string of the molecule is C=CCN(C(=O)C1(C#N)CC1)C1CC1. The Morgan fingerprint density at radius 1 is 1.64 bits per heavy atom. The first kappa shape index (κ1) is 9.26. The van der Waals surface area contributed by atoms with E-state index in [1.54, 1.807) is 6.08 Å². The van der Waals surface area contributed by atoms with Crippen LogP contribution in [0.2, 0.25) is 0 Å². The zero-order chi connectivity index (χ0) is 10.2. The third-order valence-corrected chi connectivity index (χ3v) is 2.95. The summed E-state index contributed by atoms with van der Waals surface area (Å²) in [5.41, 5.74) is -0.661. The molecule has 0 radical (unpaired) electrons. The Balaban J connectivity index is 2.07. The highest BCUT2D eigenvalue weighted by Crippen LogP contribution is 2.47. The fourth-order valence-corrected chi connectivity index (χ4v) is 1.70. The van der Waals surface area contributed by atoms with Crippen molar-refractivity contribution in [3.8, 4) is 6.07 Å². The van der Waals surface area contributed by atoms with Gasteiger partial charge < -0.3 is 4.90 Å². The van der Waals surface area contributed by atoms with Crippen LogP contribution in [0, 0.1) is 16.7 Å². The number of hydrogen-bond donors (Lipinski definition) is 0. The summed E-state index contributed by atoms with van der Waals surface area (Å²) < 4.78 is 0. The van der Waals surface area contributed by atoms with Gasteiger partial charge in [-0.15, -0.1) is 6.58 Å². The van der Waals surface area contributed by atoms with E-state index in [2.05, 4.69) is 12.6 Å². The van der Waals surface area contributed by atoms with Crippen LogP contribution in [0.15, 0.2) is 12.7 Å². The number of nitrogens with zero attached hydrogens (tertiary/aromatic N) is 2. The molecule has 2 saturated carbocycles. The molecule has 0 heterocycles. The molecule has 0 N–H and O–H groups in total. The Kier molecular flexibility index (Phi) is 2.07. The fourth-order valence-electron chi connectivity index (χ4n) is 1.70. The molecule has 0 spiro atoms. The predicted molar refractivity (Wildman–Crippen MR) is 52.2 cm³/mol. The molecule has 3 nitrogen and oxygen atoms in total. The zero-order valence-electron chi connectivity index (χ0n) is 8.20. The fraction of sp³-hybridized carbons (Fsp3) is 0.636. The van der Waals surface area contributed by atoms with E-state index < -0.39 is 5.41 Å². The third-order valence-electron chi connectivity index (χ3n) is 2.95. The van der Waals surface area contributed by atoms with E-state index in [1.807, 2.05) is 4.90 Å². The second-order valence-electron chi connectivity index (χ2n) is 4.17. The van der Waals surface area contributed by atoms with E-state index in [0.29, 0.717) is 12.6 Å². The van der Waals surface area contributed by atoms with Crippen LogP contribution in [0.4, 0.5) is 0 Å². The summed E-state index contributed by atoms with van der Waals surface area (Å²) in [6.45, 7) is 4.23. The topological polar surface area (TPSA) is 44.1 Å². The van der Waals surface area contributed by atoms with Gasteiger partial charge in [-0.3, -0.25) is 4.79 Å². The largest absolute Gasteiger partial charge is 0.335 e. The average molecular weight is 190 g/mol. The molecule has 0 saturated heterocycles. The van der Waals surface area contributed by atoms with E-state index in [1.165, 1.54) is 0 Å². The number of carbonyl (C=O) groups excluding carboxylic acids is 1. The van der Waals surface area contributed by atoms with Gasteiger partial charge in [-0.25, -0.2) is 0 Å². The first-order chi connectivity index (χ1) is 6.73. The van der Waals surface area contributed by atoms with Crippen molar-refractivity contribution in [2.45, 2.75) is 31.7 Å². The standard InChI is InChI=1S/C11H14N2O/c1-2-7-13(9-3-4-9)10(14)11(8-12)5-6-11/h2,9H,1,3-7H2. The number of carbonyl (C=O) groups is 1. The molecule has 0 aromatic carbocycles. The van der Waals surface area contributed by atoms with Gasteiger partial charge in [-0.1, -0.05) is 6.08 Å². The molecular formula is C11H14N2O. The molecular weight excluding hydrogens is 176 g/mol. The van der Waals surface area contributed by atoms with Gasteiger partial charge in [0, 0.05) is 12.6 Å². The van der Waals surface area contributed by atoms with Crippen molar-refractivity contribution in [3.05, 3.63) is 12.7 Å². The molecule has 0 aromatic rings. The molecule has 0 aromatic heterocycles. The summed E-state index contributed by atoms with van der Waals surface area (Å²) in [5, 5.41) is 8.92. The van der Waals surface area contributed by atoms with Crippen LogP contribution in [-0.4, -0.2) is 23.4 Å². The second kappa shape index (κ2) is 3.13. The Morgan fingerprint density at radius 3 is 2.64 bits per heavy atom. The highest BCUT2D eigenvalue weighted by Gasteiger charge is 2.54. The van der Waals surface area contributed by atoms with Crippen LogP contribution in [-0.2, 0) is 4.79 Å². The summed E-state index contributed by atoms with van der Waals surface area (Å²) >= 11 is 0. The van der Waals surface area contributed by atoms with Gasteiger partial charge in [-0.05, 0) is 25.7 Å². The van der Waals surface area contributed by atoms with Gasteiger partial charge in [-0.2, -0.15) is 5.26 Å². The predicted octanol–water partition coefficient (Wildman–Crippen LogP) is 1.47. The maximum Gasteiger partial charge on any atom is 0.243 e. The van der Waals surface area contributed by atoms with Crippen LogP contribution in [0.25, 0.3) is 0 Å². The molecule has 2 fully saturated rings. The highest BCUT2D eigenvalue weighted by atomic mass is 16.2. The van der Waals surface area contributed by atoms with Gasteiger partial charge >= 0.3 is 0 Å². The lowest BCUT2D eigenvalue weighted by molar-refractivity contribution is -0.135. The van der Waals surface area contributed by atoms with Gasteiger partial charge in [0.15, 0.2) is 0 Å². The Hall–Kier alpha value is -1.30. The van der Waals surface area contributed by atoms with E-state index in [0.717, 1.165) is 25.7 Å². The van der Waals surface area contributed by atoms with Crippen molar-refractivity contribution in [2.24, 2.45) is 5.41 Å². The molecule has 2 aliphatic carbocycles. The quantitative estimate of drug-likeness (QED) is 0.630. The number of hydrogen-bond acceptors (Lipinski definition) is 2. The minimum atomic E-state index is -0.661. The number of amides is 1. The van der Waals surface area contributed by atoms with Gasteiger partial charge in [0.05, 0.1) is 6.07 Å². The van der Waals surface area contributed by atoms with Crippen LogP contribution in [0.1, 0.15) is 25.7 Å². The maximum absolute atomic E-state index is 12.0. The summed E-state index contributed by atoms with van der Waals surface area (Å²) in [6.07, 6.45) is 5.39. The first-order valence-corrected chi connectivity index (χ1v) is 5.07. The summed E-state index contributed by atoms with van der Waals surface area (Å²) in [4.78, 5) is 13.8. The molecule has 0 atom stereocenters. The molecule has 0 unspecified atom stereocenters. The van der Waals surface area contributed by atoms with E-state index >= 15 is 0 Å². The van der Waals surface area contributed by atoms with Gasteiger partial charge in [0.2, 0.25) is 5.91 Å². The van der Waals surface area contributed by atoms with E-state index in [-0.39, 0.29) is 5.91 Å². The average Bonchev–Trinajstić information content (AvgIpc) is 3.05. The third kappa shape index (κ3) is 1.41.